The van der Waals surface area contributed by atoms with Crippen LogP contribution in [0.25, 0.3) is 5.76 Å². The number of hydrogen-bond acceptors (Lipinski definition) is 5. The lowest BCUT2D eigenvalue weighted by Gasteiger charge is -2.21. The van der Waals surface area contributed by atoms with Crippen molar-refractivity contribution in [3.05, 3.63) is 96.0 Å². The Morgan fingerprint density at radius 3 is 2.30 bits per heavy atom. The average molecular weight is 357 g/mol. The number of benzene rings is 2. The summed E-state index contributed by atoms with van der Waals surface area (Å²) in [7, 11) is 0. The van der Waals surface area contributed by atoms with E-state index in [1.807, 2.05) is 36.4 Å². The molecule has 1 aliphatic rings. The molecule has 0 saturated heterocycles. The number of ether oxygens (including phenoxy) is 2. The fourth-order valence-electron chi connectivity index (χ4n) is 2.54. The van der Waals surface area contributed by atoms with Crippen LogP contribution in [-0.4, -0.2) is 17.1 Å². The van der Waals surface area contributed by atoms with Gasteiger partial charge >= 0.3 is 0 Å². The van der Waals surface area contributed by atoms with Crippen LogP contribution in [-0.2, 0) is 0 Å². The number of aromatic nitrogens is 1. The van der Waals surface area contributed by atoms with Crippen LogP contribution in [0.4, 0.5) is 0 Å². The summed E-state index contributed by atoms with van der Waals surface area (Å²) in [5, 5.41) is 4.02. The predicted octanol–water partition coefficient (Wildman–Crippen LogP) is 3.64. The number of rotatable bonds is 4. The highest BCUT2D eigenvalue weighted by molar-refractivity contribution is 5.95. The van der Waals surface area contributed by atoms with Crippen molar-refractivity contribution in [2.75, 3.05) is 0 Å². The number of allylic oxidation sites excluding steroid dienone is 1. The molecule has 3 aromatic rings. The van der Waals surface area contributed by atoms with Gasteiger partial charge in [-0.3, -0.25) is 9.78 Å². The molecule has 132 valence electrons. The molecule has 0 radical (unpaired) electrons. The molecule has 0 saturated carbocycles. The Labute approximate surface area is 155 Å². The molecule has 1 aromatic heterocycles. The van der Waals surface area contributed by atoms with Gasteiger partial charge in [0.15, 0.2) is 23.0 Å². The molecule has 1 aliphatic heterocycles. The van der Waals surface area contributed by atoms with Gasteiger partial charge < -0.3 is 9.47 Å². The van der Waals surface area contributed by atoms with Gasteiger partial charge in [0.2, 0.25) is 0 Å². The summed E-state index contributed by atoms with van der Waals surface area (Å²) in [5.41, 5.74) is 3.80. The second kappa shape index (κ2) is 7.53. The molecule has 2 aromatic carbocycles. The highest BCUT2D eigenvalue weighted by Crippen LogP contribution is 2.37. The van der Waals surface area contributed by atoms with E-state index in [2.05, 4.69) is 15.5 Å². The topological polar surface area (TPSA) is 72.8 Å². The molecule has 6 heteroatoms. The van der Waals surface area contributed by atoms with E-state index in [9.17, 15) is 4.79 Å². The third-order valence-corrected chi connectivity index (χ3v) is 3.83. The molecule has 0 spiro atoms. The van der Waals surface area contributed by atoms with E-state index in [4.69, 9.17) is 9.47 Å². The van der Waals surface area contributed by atoms with Crippen LogP contribution in [0.2, 0.25) is 0 Å². The third kappa shape index (κ3) is 3.69. The molecule has 1 amide bonds. The van der Waals surface area contributed by atoms with Gasteiger partial charge in [-0.25, -0.2) is 5.43 Å². The Morgan fingerprint density at radius 2 is 1.56 bits per heavy atom. The van der Waals surface area contributed by atoms with E-state index in [0.717, 1.165) is 5.56 Å². The number of carbonyl (C=O) groups excluding carboxylic acids is 1. The van der Waals surface area contributed by atoms with E-state index in [-0.39, 0.29) is 5.91 Å². The quantitative estimate of drug-likeness (QED) is 0.572. The molecular formula is C21H15N3O3. The molecule has 6 nitrogen and oxygen atoms in total. The summed E-state index contributed by atoms with van der Waals surface area (Å²) < 4.78 is 11.9. The lowest BCUT2D eigenvalue weighted by atomic mass is 10.2. The SMILES string of the molecule is O=C(N/N=C/C1=C(c2ccncc2)Oc2ccccc2O1)c1ccccc1. The smallest absolute Gasteiger partial charge is 0.271 e. The minimum absolute atomic E-state index is 0.310. The van der Waals surface area contributed by atoms with Crippen LogP contribution in [0.5, 0.6) is 11.5 Å². The lowest BCUT2D eigenvalue weighted by molar-refractivity contribution is 0.0955. The summed E-state index contributed by atoms with van der Waals surface area (Å²) in [6.07, 6.45) is 4.75. The Kier molecular flexibility index (Phi) is 4.61. The molecular weight excluding hydrogens is 342 g/mol. The summed E-state index contributed by atoms with van der Waals surface area (Å²) in [5.74, 6) is 1.75. The first kappa shape index (κ1) is 16.5. The number of para-hydroxylation sites is 2. The Morgan fingerprint density at radius 1 is 0.889 bits per heavy atom. The van der Waals surface area contributed by atoms with Crippen molar-refractivity contribution < 1.29 is 14.3 Å². The number of carbonyl (C=O) groups is 1. The van der Waals surface area contributed by atoms with E-state index in [0.29, 0.717) is 28.6 Å². The number of hydrogen-bond donors (Lipinski definition) is 1. The molecule has 27 heavy (non-hydrogen) atoms. The van der Waals surface area contributed by atoms with Crippen LogP contribution in [0, 0.1) is 0 Å². The Bertz CT molecular complexity index is 1020. The molecule has 1 N–H and O–H groups in total. The van der Waals surface area contributed by atoms with Gasteiger partial charge in [-0.1, -0.05) is 30.3 Å². The maximum absolute atomic E-state index is 12.1. The predicted molar refractivity (Wildman–Crippen MR) is 101 cm³/mol. The lowest BCUT2D eigenvalue weighted by Crippen LogP contribution is -2.19. The normalized spacial score (nSPS) is 12.9. The maximum atomic E-state index is 12.1. The van der Waals surface area contributed by atoms with Crippen LogP contribution < -0.4 is 14.9 Å². The zero-order valence-electron chi connectivity index (χ0n) is 14.2. The number of pyridine rings is 1. The monoisotopic (exact) mass is 357 g/mol. The molecule has 4 rings (SSSR count). The Balaban J connectivity index is 1.61. The first-order chi connectivity index (χ1) is 13.3. The van der Waals surface area contributed by atoms with Crippen molar-refractivity contribution in [1.82, 2.24) is 10.4 Å². The average Bonchev–Trinajstić information content (AvgIpc) is 2.74. The third-order valence-electron chi connectivity index (χ3n) is 3.83. The van der Waals surface area contributed by atoms with Crippen LogP contribution in [0.15, 0.2) is 90.0 Å². The number of fused-ring (bicyclic) bond motifs is 1. The van der Waals surface area contributed by atoms with Crippen molar-refractivity contribution in [2.24, 2.45) is 5.10 Å². The zero-order valence-corrected chi connectivity index (χ0v) is 14.2. The van der Waals surface area contributed by atoms with Gasteiger partial charge in [-0.2, -0.15) is 5.10 Å². The number of amides is 1. The van der Waals surface area contributed by atoms with Crippen LogP contribution in [0.3, 0.4) is 0 Å². The van der Waals surface area contributed by atoms with E-state index < -0.39 is 0 Å². The van der Waals surface area contributed by atoms with Crippen LogP contribution >= 0.6 is 0 Å². The maximum Gasteiger partial charge on any atom is 0.271 e. The standard InChI is InChI=1S/C21H15N3O3/c25-21(16-6-2-1-3-7-16)24-23-14-19-20(15-10-12-22-13-11-15)27-18-9-5-4-8-17(18)26-19/h1-14H,(H,24,25)/b23-14+. The second-order valence-electron chi connectivity index (χ2n) is 5.65. The summed E-state index contributed by atoms with van der Waals surface area (Å²) in [6.45, 7) is 0. The van der Waals surface area contributed by atoms with E-state index in [1.54, 1.807) is 42.7 Å². The largest absolute Gasteiger partial charge is 0.449 e. The second-order valence-corrected chi connectivity index (χ2v) is 5.65. The van der Waals surface area contributed by atoms with Crippen molar-refractivity contribution in [3.63, 3.8) is 0 Å². The molecule has 0 unspecified atom stereocenters. The number of nitrogens with zero attached hydrogens (tertiary/aromatic N) is 2. The van der Waals surface area contributed by atoms with Crippen LogP contribution in [0.1, 0.15) is 15.9 Å². The van der Waals surface area contributed by atoms with Gasteiger partial charge in [-0.05, 0) is 36.4 Å². The minimum atomic E-state index is -0.310. The van der Waals surface area contributed by atoms with Gasteiger partial charge in [0.05, 0.1) is 6.21 Å². The molecule has 0 bridgehead atoms. The van der Waals surface area contributed by atoms with E-state index >= 15 is 0 Å². The van der Waals surface area contributed by atoms with Gasteiger partial charge in [-0.15, -0.1) is 0 Å². The van der Waals surface area contributed by atoms with Crippen molar-refractivity contribution >= 4 is 17.9 Å². The molecule has 2 heterocycles. The fraction of sp³-hybridized carbons (Fsp3) is 0. The highest BCUT2D eigenvalue weighted by Gasteiger charge is 2.21. The summed E-state index contributed by atoms with van der Waals surface area (Å²) in [6, 6.07) is 19.8. The zero-order chi connectivity index (χ0) is 18.5. The highest BCUT2D eigenvalue weighted by atomic mass is 16.6. The Hall–Kier alpha value is -3.93. The first-order valence-corrected chi connectivity index (χ1v) is 8.29. The fourth-order valence-corrected chi connectivity index (χ4v) is 2.54. The molecule has 0 fully saturated rings. The minimum Gasteiger partial charge on any atom is -0.449 e. The first-order valence-electron chi connectivity index (χ1n) is 8.29. The summed E-state index contributed by atoms with van der Waals surface area (Å²) >= 11 is 0. The van der Waals surface area contributed by atoms with Crippen molar-refractivity contribution in [1.29, 1.82) is 0 Å². The van der Waals surface area contributed by atoms with Crippen molar-refractivity contribution in [2.45, 2.75) is 0 Å². The summed E-state index contributed by atoms with van der Waals surface area (Å²) in [4.78, 5) is 16.1. The van der Waals surface area contributed by atoms with E-state index in [1.165, 1.54) is 6.21 Å². The van der Waals surface area contributed by atoms with Gasteiger partial charge in [0.1, 0.15) is 0 Å². The molecule has 0 aliphatic carbocycles. The molecule has 0 atom stereocenters. The number of hydrazone groups is 1. The van der Waals surface area contributed by atoms with Gasteiger partial charge in [0, 0.05) is 23.5 Å². The van der Waals surface area contributed by atoms with Gasteiger partial charge in [0.25, 0.3) is 5.91 Å². The number of nitrogens with one attached hydrogen (secondary N) is 1. The van der Waals surface area contributed by atoms with Crippen molar-refractivity contribution in [3.8, 4) is 11.5 Å².